The highest BCUT2D eigenvalue weighted by Crippen LogP contribution is 2.84. The molecule has 8 fully saturated rings. The molecule has 2 aromatic carbocycles. The lowest BCUT2D eigenvalue weighted by Gasteiger charge is -2.71. The molecule has 5 bridgehead atoms. The molecule has 8 aliphatic heterocycles. The normalized spacial score (nSPS) is 39.4. The number of anilines is 1. The summed E-state index contributed by atoms with van der Waals surface area (Å²) in [6.45, 7) is 1.62. The molecule has 8 heterocycles. The maximum absolute atomic E-state index is 13.9. The number of imide groups is 1. The van der Waals surface area contributed by atoms with Crippen LogP contribution in [-0.4, -0.2) is 77.0 Å². The van der Waals surface area contributed by atoms with Crippen molar-refractivity contribution in [3.63, 3.8) is 0 Å². The lowest BCUT2D eigenvalue weighted by Crippen LogP contribution is -2.92. The van der Waals surface area contributed by atoms with Crippen LogP contribution >= 0.6 is 15.6 Å². The summed E-state index contributed by atoms with van der Waals surface area (Å²) in [4.78, 5) is 33.0. The molecule has 0 N–H and O–H groups in total. The van der Waals surface area contributed by atoms with Gasteiger partial charge in [0.25, 0.3) is 5.91 Å². The van der Waals surface area contributed by atoms with Gasteiger partial charge in [0.05, 0.1) is 12.1 Å². The number of benzene rings is 2. The zero-order valence-corrected chi connectivity index (χ0v) is 24.3. The van der Waals surface area contributed by atoms with Crippen molar-refractivity contribution in [2.75, 3.05) is 37.6 Å². The van der Waals surface area contributed by atoms with Gasteiger partial charge in [0, 0.05) is 44.8 Å². The zero-order chi connectivity index (χ0) is 30.8. The number of piperazine rings is 2. The molecule has 8 aliphatic rings. The van der Waals surface area contributed by atoms with E-state index in [9.17, 15) is 31.9 Å². The van der Waals surface area contributed by atoms with Gasteiger partial charge in [-0.3, -0.25) is 19.4 Å². The highest BCUT2D eigenvalue weighted by atomic mass is 31.2. The average Bonchev–Trinajstić information content (AvgIpc) is 2.96. The number of alkyl halides is 3. The standard InChI is InChI=1S/C25H23F3N4O10P2/c26-23(27,28)18-7-4-8-19(15-18)30-13-11-29(12-14-30)10-9-22-32-24(39-43(35,37-22)38-22)20(33)31(16-17-5-2-1-3-6-17)21(34)25(32)41-44(36,40-24)42-25/h1-8,15H,9-14,16H2. The summed E-state index contributed by atoms with van der Waals surface area (Å²) in [7, 11) is -8.82. The number of rotatable bonds is 6. The predicted molar refractivity (Wildman–Crippen MR) is 138 cm³/mol. The summed E-state index contributed by atoms with van der Waals surface area (Å²) in [5.41, 5.74) is 0.267. The summed E-state index contributed by atoms with van der Waals surface area (Å²) in [5.74, 6) is -9.31. The van der Waals surface area contributed by atoms with Gasteiger partial charge < -0.3 is 4.90 Å². The second-order valence-corrected chi connectivity index (χ2v) is 13.8. The van der Waals surface area contributed by atoms with Crippen LogP contribution in [0.4, 0.5) is 18.9 Å². The molecule has 2 aromatic rings. The van der Waals surface area contributed by atoms with Gasteiger partial charge in [-0.05, 0) is 23.8 Å². The van der Waals surface area contributed by atoms with E-state index in [2.05, 4.69) is 0 Å². The van der Waals surface area contributed by atoms with Crippen LogP contribution < -0.4 is 4.90 Å². The first kappa shape index (κ1) is 28.8. The molecule has 0 radical (unpaired) electrons. The van der Waals surface area contributed by atoms with Crippen LogP contribution in [0.2, 0.25) is 0 Å². The van der Waals surface area contributed by atoms with Crippen LogP contribution in [0, 0.1) is 0 Å². The Labute approximate surface area is 247 Å². The maximum Gasteiger partial charge on any atom is 0.486 e. The lowest BCUT2D eigenvalue weighted by molar-refractivity contribution is -0.528. The largest absolute Gasteiger partial charge is 0.486 e. The molecule has 10 rings (SSSR count). The SMILES string of the molecule is O=C1N(Cc2ccccc2)C(=O)C23OP(=O)(OC14OP1(=O)OC(CCN5CCN(c6cccc(C(F)(F)F)c6)CC5)(O1)N42)O3. The number of hydrogen-bond acceptors (Lipinski definition) is 13. The van der Waals surface area contributed by atoms with E-state index in [-0.39, 0.29) is 19.5 Å². The third-order valence-corrected chi connectivity index (χ3v) is 11.2. The fourth-order valence-electron chi connectivity index (χ4n) is 6.25. The van der Waals surface area contributed by atoms with E-state index in [4.69, 9.17) is 27.1 Å². The summed E-state index contributed by atoms with van der Waals surface area (Å²) in [6, 6.07) is 13.6. The molecule has 0 aromatic heterocycles. The fraction of sp³-hybridized carbons (Fsp3) is 0.440. The first-order valence-corrected chi connectivity index (χ1v) is 16.5. The Balaban J connectivity index is 1.02. The third kappa shape index (κ3) is 4.05. The van der Waals surface area contributed by atoms with Gasteiger partial charge in [0.1, 0.15) is 0 Å². The summed E-state index contributed by atoms with van der Waals surface area (Å²) < 4.78 is 98.6. The Kier molecular flexibility index (Phi) is 6.01. The molecule has 8 saturated heterocycles. The van der Waals surface area contributed by atoms with E-state index in [1.807, 2.05) is 9.80 Å². The third-order valence-electron chi connectivity index (χ3n) is 8.25. The number of phosphoric ester groups is 2. The van der Waals surface area contributed by atoms with Gasteiger partial charge in [-0.2, -0.15) is 13.2 Å². The maximum atomic E-state index is 13.9. The Bertz CT molecular complexity index is 1650. The number of phosphoric acid groups is 2. The minimum Gasteiger partial charge on any atom is -0.369 e. The molecule has 2 unspecified atom stereocenters. The Morgan fingerprint density at radius 3 is 1.95 bits per heavy atom. The van der Waals surface area contributed by atoms with E-state index in [0.29, 0.717) is 37.4 Å². The summed E-state index contributed by atoms with van der Waals surface area (Å²) in [5, 5.41) is 0. The number of amides is 2. The molecular formula is C25H23F3N4O10P2. The second-order valence-electron chi connectivity index (χ2n) is 11.0. The topological polar surface area (TPSA) is 137 Å². The van der Waals surface area contributed by atoms with Crippen molar-refractivity contribution in [3.8, 4) is 0 Å². The number of halogens is 3. The van der Waals surface area contributed by atoms with Crippen LogP contribution in [0.25, 0.3) is 0 Å². The van der Waals surface area contributed by atoms with E-state index >= 15 is 0 Å². The molecule has 2 amide bonds. The van der Waals surface area contributed by atoms with Crippen molar-refractivity contribution < 1.29 is 59.0 Å². The molecule has 14 nitrogen and oxygen atoms in total. The van der Waals surface area contributed by atoms with E-state index in [1.54, 1.807) is 36.4 Å². The fourth-order valence-corrected chi connectivity index (χ4v) is 9.45. The van der Waals surface area contributed by atoms with Crippen molar-refractivity contribution in [1.82, 2.24) is 14.7 Å². The van der Waals surface area contributed by atoms with Crippen molar-refractivity contribution in [2.24, 2.45) is 0 Å². The van der Waals surface area contributed by atoms with Crippen LogP contribution in [0.3, 0.4) is 0 Å². The van der Waals surface area contributed by atoms with Crippen molar-refractivity contribution in [1.29, 1.82) is 0 Å². The number of nitrogens with zero attached hydrogens (tertiary/aromatic N) is 4. The van der Waals surface area contributed by atoms with Crippen molar-refractivity contribution in [2.45, 2.75) is 36.9 Å². The molecule has 2 atom stereocenters. The summed E-state index contributed by atoms with van der Waals surface area (Å²) >= 11 is 0. The highest BCUT2D eigenvalue weighted by Gasteiger charge is 2.93. The quantitative estimate of drug-likeness (QED) is 0.332. The number of carbonyl (C=O) groups excluding carboxylic acids is 2. The van der Waals surface area contributed by atoms with E-state index < -0.39 is 56.9 Å². The Morgan fingerprint density at radius 1 is 0.773 bits per heavy atom. The van der Waals surface area contributed by atoms with E-state index in [1.165, 1.54) is 6.07 Å². The number of hydrogen-bond donors (Lipinski definition) is 0. The van der Waals surface area contributed by atoms with Gasteiger partial charge in [0.15, 0.2) is 0 Å². The van der Waals surface area contributed by atoms with Gasteiger partial charge in [0.2, 0.25) is 0 Å². The van der Waals surface area contributed by atoms with Crippen LogP contribution in [0.5, 0.6) is 0 Å². The second kappa shape index (κ2) is 9.19. The highest BCUT2D eigenvalue weighted by molar-refractivity contribution is 7.51. The van der Waals surface area contributed by atoms with Crippen LogP contribution in [0.1, 0.15) is 17.5 Å². The van der Waals surface area contributed by atoms with Crippen LogP contribution in [0.15, 0.2) is 54.6 Å². The molecule has 0 saturated carbocycles. The smallest absolute Gasteiger partial charge is 0.369 e. The van der Waals surface area contributed by atoms with Crippen LogP contribution in [-0.2, 0) is 58.6 Å². The van der Waals surface area contributed by atoms with Crippen molar-refractivity contribution >= 4 is 33.1 Å². The Hall–Kier alpha value is -2.69. The molecular weight excluding hydrogens is 635 g/mol. The van der Waals surface area contributed by atoms with Gasteiger partial charge in [-0.15, -0.1) is 4.90 Å². The minimum atomic E-state index is -4.46. The van der Waals surface area contributed by atoms with E-state index in [0.717, 1.165) is 21.9 Å². The lowest BCUT2D eigenvalue weighted by atomic mass is 10.1. The van der Waals surface area contributed by atoms with Gasteiger partial charge in [-0.25, -0.2) is 36.3 Å². The molecule has 44 heavy (non-hydrogen) atoms. The average molecular weight is 658 g/mol. The van der Waals surface area contributed by atoms with Crippen molar-refractivity contribution in [3.05, 3.63) is 65.7 Å². The molecule has 1 spiro atoms. The predicted octanol–water partition coefficient (Wildman–Crippen LogP) is 3.42. The monoisotopic (exact) mass is 658 g/mol. The molecule has 0 aliphatic carbocycles. The molecule has 19 heteroatoms. The zero-order valence-electron chi connectivity index (χ0n) is 22.5. The number of carbonyl (C=O) groups is 2. The molecule has 234 valence electrons. The minimum absolute atomic E-state index is 0.118. The first-order chi connectivity index (χ1) is 20.8. The van der Waals surface area contributed by atoms with Gasteiger partial charge >= 0.3 is 45.5 Å². The summed E-state index contributed by atoms with van der Waals surface area (Å²) in [6.07, 6.45) is -4.58. The Morgan fingerprint density at radius 2 is 1.36 bits per heavy atom. The van der Waals surface area contributed by atoms with Gasteiger partial charge in [-0.1, -0.05) is 36.4 Å². The first-order valence-electron chi connectivity index (χ1n) is 13.6.